The van der Waals surface area contributed by atoms with Gasteiger partial charge in [0.1, 0.15) is 37.6 Å². The number of hydrogen-bond acceptors (Lipinski definition) is 18. The molecule has 0 saturated heterocycles. The molecule has 78 heavy (non-hydrogen) atoms. The van der Waals surface area contributed by atoms with Crippen molar-refractivity contribution in [3.05, 3.63) is 107 Å². The molecule has 0 spiro atoms. The van der Waals surface area contributed by atoms with Crippen LogP contribution in [-0.2, 0) is 0 Å². The van der Waals surface area contributed by atoms with Gasteiger partial charge in [0.2, 0.25) is 0 Å². The van der Waals surface area contributed by atoms with Gasteiger partial charge in [-0.05, 0) is 24.7 Å². The van der Waals surface area contributed by atoms with Crippen LogP contribution < -0.4 is 0 Å². The third-order valence-electron chi connectivity index (χ3n) is 12.0. The van der Waals surface area contributed by atoms with E-state index in [1.165, 1.54) is 25.1 Å². The standard InChI is InChI=1S/4C10H15NO3.2C7H9NO3/c2*1-4-6(2)7(3)9-11-8(5-14-9)10(12)13;2*1-3-4-5-7(2)9-11-8(6-14-9)10(12)13;2*1-4(2)6-8-5(3-11-6)7(9)10/h2*5-7H,4H2,1-3H3,(H,12,13);2*6-7H,3-5H2,1-2H3,(H,12,13);2*3-4H,1-2H3,(H,9,10)/t6?,7-;6-,7?;2*7-;;/m0110../s1. The van der Waals surface area contributed by atoms with Gasteiger partial charge in [-0.25, -0.2) is 58.7 Å². The summed E-state index contributed by atoms with van der Waals surface area (Å²) < 4.78 is 30.2. The van der Waals surface area contributed by atoms with E-state index in [0.717, 1.165) is 63.9 Å². The maximum Gasteiger partial charge on any atom is 0.357 e. The Morgan fingerprint density at radius 3 is 0.744 bits per heavy atom. The first-order valence-corrected chi connectivity index (χ1v) is 25.8. The van der Waals surface area contributed by atoms with Gasteiger partial charge in [0.15, 0.2) is 69.5 Å². The van der Waals surface area contributed by atoms with Crippen LogP contribution in [0.5, 0.6) is 0 Å². The van der Waals surface area contributed by atoms with Crippen molar-refractivity contribution in [2.24, 2.45) is 11.8 Å². The minimum atomic E-state index is -1.05. The van der Waals surface area contributed by atoms with Crippen molar-refractivity contribution in [2.75, 3.05) is 0 Å². The molecule has 2 unspecified atom stereocenters. The van der Waals surface area contributed by atoms with Gasteiger partial charge in [-0.2, -0.15) is 0 Å². The lowest BCUT2D eigenvalue weighted by atomic mass is 9.94. The van der Waals surface area contributed by atoms with Crippen molar-refractivity contribution < 1.29 is 85.9 Å². The summed E-state index contributed by atoms with van der Waals surface area (Å²) in [6, 6.07) is 0. The lowest BCUT2D eigenvalue weighted by molar-refractivity contribution is 0.0679. The number of oxazole rings is 6. The van der Waals surface area contributed by atoms with Gasteiger partial charge in [0, 0.05) is 35.5 Å². The summed E-state index contributed by atoms with van der Waals surface area (Å²) in [5.41, 5.74) is -0.126. The van der Waals surface area contributed by atoms with Crippen molar-refractivity contribution in [3.8, 4) is 0 Å². The number of carboxylic acids is 6. The molecule has 6 heterocycles. The van der Waals surface area contributed by atoms with E-state index in [4.69, 9.17) is 57.1 Å². The van der Waals surface area contributed by atoms with E-state index in [2.05, 4.69) is 71.4 Å². The first-order valence-electron chi connectivity index (χ1n) is 25.8. The lowest BCUT2D eigenvalue weighted by Crippen LogP contribution is -2.06. The van der Waals surface area contributed by atoms with Crippen molar-refractivity contribution in [1.29, 1.82) is 0 Å². The highest BCUT2D eigenvalue weighted by Gasteiger charge is 2.22. The van der Waals surface area contributed by atoms with Crippen molar-refractivity contribution in [2.45, 2.75) is 184 Å². The summed E-state index contributed by atoms with van der Waals surface area (Å²) in [4.78, 5) is 85.9. The molecular formula is C54H78N6O18. The van der Waals surface area contributed by atoms with Crippen LogP contribution in [0.4, 0.5) is 0 Å². The monoisotopic (exact) mass is 1100 g/mol. The number of unbranched alkanes of at least 4 members (excludes halogenated alkanes) is 2. The van der Waals surface area contributed by atoms with E-state index in [9.17, 15) is 28.8 Å². The number of carboxylic acid groups (broad SMARTS) is 6. The molecule has 24 nitrogen and oxygen atoms in total. The van der Waals surface area contributed by atoms with Crippen LogP contribution in [0, 0.1) is 11.8 Å². The minimum Gasteiger partial charge on any atom is -0.476 e. The Morgan fingerprint density at radius 2 is 0.564 bits per heavy atom. The number of aromatic nitrogens is 6. The Hall–Kier alpha value is -7.92. The zero-order chi connectivity index (χ0) is 59.4. The maximum atomic E-state index is 10.6. The molecule has 0 radical (unpaired) electrons. The molecule has 0 bridgehead atoms. The summed E-state index contributed by atoms with van der Waals surface area (Å²) in [6.07, 6.45) is 15.5. The fraction of sp³-hybridized carbons (Fsp3) is 0.556. The van der Waals surface area contributed by atoms with Gasteiger partial charge < -0.3 is 57.1 Å². The molecule has 24 heteroatoms. The summed E-state index contributed by atoms with van der Waals surface area (Å²) in [5, 5.41) is 51.5. The van der Waals surface area contributed by atoms with Gasteiger partial charge in [-0.15, -0.1) is 0 Å². The summed E-state index contributed by atoms with van der Waals surface area (Å²) in [7, 11) is 0. The fourth-order valence-corrected chi connectivity index (χ4v) is 6.18. The molecule has 6 rings (SSSR count). The quantitative estimate of drug-likeness (QED) is 0.0368. The van der Waals surface area contributed by atoms with Crippen molar-refractivity contribution in [3.63, 3.8) is 0 Å². The van der Waals surface area contributed by atoms with E-state index in [0.29, 0.717) is 47.2 Å². The second-order valence-corrected chi connectivity index (χ2v) is 19.0. The van der Waals surface area contributed by atoms with Crippen LogP contribution in [-0.4, -0.2) is 96.4 Å². The normalized spacial score (nSPS) is 12.9. The molecule has 0 saturated carbocycles. The molecule has 0 aliphatic carbocycles. The SMILES string of the molecule is CC(C)c1nc(C(=O)O)co1.CC(C)c1nc(C(=O)O)co1.CCC(C)[C@H](C)c1nc(C(=O)O)co1.CCCC[C@@H](C)c1nc(C(=O)O)co1.CCCC[C@H](C)c1nc(C(=O)O)co1.CC[C@@H](C)C(C)c1nc(C(=O)O)co1. The number of carbonyl (C=O) groups is 6. The van der Waals surface area contributed by atoms with Crippen molar-refractivity contribution in [1.82, 2.24) is 29.9 Å². The minimum absolute atomic E-state index is 0.0108. The Kier molecular flexibility index (Phi) is 30.3. The largest absolute Gasteiger partial charge is 0.476 e. The first-order chi connectivity index (χ1) is 36.6. The van der Waals surface area contributed by atoms with Crippen LogP contribution in [0.25, 0.3) is 0 Å². The predicted molar refractivity (Wildman–Crippen MR) is 281 cm³/mol. The highest BCUT2D eigenvalue weighted by atomic mass is 16.4. The van der Waals surface area contributed by atoms with Gasteiger partial charge in [0.05, 0.1) is 0 Å². The van der Waals surface area contributed by atoms with Gasteiger partial charge in [-0.1, -0.05) is 135 Å². The highest BCUT2D eigenvalue weighted by Crippen LogP contribution is 2.27. The highest BCUT2D eigenvalue weighted by molar-refractivity contribution is 5.86. The number of aromatic carboxylic acids is 6. The van der Waals surface area contributed by atoms with Gasteiger partial charge in [0.25, 0.3) is 0 Å². The van der Waals surface area contributed by atoms with E-state index in [-0.39, 0.29) is 69.7 Å². The molecule has 6 aromatic rings. The summed E-state index contributed by atoms with van der Waals surface area (Å²) in [5.74, 6) is -1.44. The maximum absolute atomic E-state index is 10.6. The van der Waals surface area contributed by atoms with E-state index >= 15 is 0 Å². The third kappa shape index (κ3) is 23.5. The number of nitrogens with zero attached hydrogens (tertiary/aromatic N) is 6. The van der Waals surface area contributed by atoms with E-state index in [1.807, 2.05) is 55.4 Å². The molecule has 6 N–H and O–H groups in total. The second-order valence-electron chi connectivity index (χ2n) is 19.0. The molecule has 6 aromatic heterocycles. The van der Waals surface area contributed by atoms with Crippen molar-refractivity contribution >= 4 is 35.8 Å². The Labute approximate surface area is 453 Å². The molecule has 432 valence electrons. The topological polar surface area (TPSA) is 380 Å². The first kappa shape index (κ1) is 68.1. The molecule has 6 atom stereocenters. The molecule has 0 amide bonds. The average molecular weight is 1100 g/mol. The summed E-state index contributed by atoms with van der Waals surface area (Å²) >= 11 is 0. The smallest absolute Gasteiger partial charge is 0.357 e. The van der Waals surface area contributed by atoms with Crippen LogP contribution in [0.2, 0.25) is 0 Å². The van der Waals surface area contributed by atoms with Gasteiger partial charge in [-0.3, -0.25) is 0 Å². The van der Waals surface area contributed by atoms with E-state index in [1.54, 1.807) is 0 Å². The average Bonchev–Trinajstić information content (AvgIpc) is 4.26. The van der Waals surface area contributed by atoms with Crippen LogP contribution >= 0.6 is 0 Å². The molecule has 0 aromatic carbocycles. The fourth-order valence-electron chi connectivity index (χ4n) is 6.18. The zero-order valence-electron chi connectivity index (χ0n) is 47.0. The number of hydrogen-bond donors (Lipinski definition) is 6. The molecular weight excluding hydrogens is 1020 g/mol. The molecule has 0 aliphatic rings. The van der Waals surface area contributed by atoms with Crippen LogP contribution in [0.1, 0.15) is 282 Å². The Bertz CT molecular complexity index is 2540. The van der Waals surface area contributed by atoms with Crippen LogP contribution in [0.3, 0.4) is 0 Å². The second kappa shape index (κ2) is 34.7. The Balaban J connectivity index is 0.000000469. The van der Waals surface area contributed by atoms with Gasteiger partial charge >= 0.3 is 35.8 Å². The molecule has 0 aliphatic heterocycles. The Morgan fingerprint density at radius 1 is 0.359 bits per heavy atom. The van der Waals surface area contributed by atoms with Crippen LogP contribution in [0.15, 0.2) is 64.1 Å². The lowest BCUT2D eigenvalue weighted by Gasteiger charge is -2.13. The third-order valence-corrected chi connectivity index (χ3v) is 12.0. The molecule has 0 fully saturated rings. The van der Waals surface area contributed by atoms with E-state index < -0.39 is 35.8 Å². The number of rotatable bonds is 22. The summed E-state index contributed by atoms with van der Waals surface area (Å²) in [6.45, 7) is 28.1. The zero-order valence-corrected chi connectivity index (χ0v) is 47.0. The predicted octanol–water partition coefficient (Wildman–Crippen LogP) is 13.4.